The summed E-state index contributed by atoms with van der Waals surface area (Å²) in [5.74, 6) is 0.293. The van der Waals surface area contributed by atoms with Crippen LogP contribution in [0.2, 0.25) is 0 Å². The van der Waals surface area contributed by atoms with Gasteiger partial charge in [0.1, 0.15) is 29.3 Å². The minimum atomic E-state index is -0.723. The number of fused-ring (bicyclic) bond motifs is 1. The van der Waals surface area contributed by atoms with Crippen LogP contribution in [0.5, 0.6) is 0 Å². The normalized spacial score (nSPS) is 21.5. The average molecular weight is 822 g/mol. The number of amides is 4. The van der Waals surface area contributed by atoms with Crippen molar-refractivity contribution in [2.24, 2.45) is 28.7 Å². The van der Waals surface area contributed by atoms with Crippen LogP contribution in [-0.4, -0.2) is 99.3 Å². The molecule has 0 spiro atoms. The van der Waals surface area contributed by atoms with Crippen molar-refractivity contribution in [3.8, 4) is 21.6 Å². The van der Waals surface area contributed by atoms with E-state index in [1.54, 1.807) is 11.3 Å². The number of likely N-dealkylation sites (tertiary alicyclic amines) is 2. The van der Waals surface area contributed by atoms with Crippen molar-refractivity contribution in [1.82, 2.24) is 30.4 Å². The molecule has 59 heavy (non-hydrogen) atoms. The Kier molecular flexibility index (Phi) is 12.4. The summed E-state index contributed by atoms with van der Waals surface area (Å²) in [5.41, 5.74) is 7.39. The Hall–Kier alpha value is -5.34. The summed E-state index contributed by atoms with van der Waals surface area (Å²) in [6, 6.07) is 17.4. The number of imidazole rings is 1. The first-order valence-corrected chi connectivity index (χ1v) is 21.4. The van der Waals surface area contributed by atoms with Gasteiger partial charge in [0.05, 0.1) is 24.7 Å². The Morgan fingerprint density at radius 1 is 0.831 bits per heavy atom. The fourth-order valence-corrected chi connectivity index (χ4v) is 9.61. The van der Waals surface area contributed by atoms with E-state index in [0.717, 1.165) is 67.4 Å². The molecular formula is C45H55N7O6S. The largest absolute Gasteiger partial charge is 0.453 e. The number of aliphatic imine (C=N–C) groups is 1. The number of carbonyl (C=O) groups excluding carboxylic acids is 4. The first kappa shape index (κ1) is 41.8. The van der Waals surface area contributed by atoms with Crippen molar-refractivity contribution in [3.05, 3.63) is 72.2 Å². The molecule has 312 valence electrons. The number of nitrogens with one attached hydrogen (secondary N) is 3. The van der Waals surface area contributed by atoms with Crippen LogP contribution >= 0.6 is 11.3 Å². The van der Waals surface area contributed by atoms with Gasteiger partial charge in [0.2, 0.25) is 17.7 Å². The van der Waals surface area contributed by atoms with Gasteiger partial charge in [0.25, 0.3) is 0 Å². The van der Waals surface area contributed by atoms with E-state index < -0.39 is 30.7 Å². The SMILES string of the molecule is COC(=O)N[C@H](C(=O)N1C[C@@H](C)C[C@H]1C1=NC=C(c2ccc(-c3ccc(-c4cc5[nH]c([C@@H]6C[C@H](C)CN6C(=O)[C@@H](NC(=O)CO)C(C)C)nc5s4)cc3)cc2)C1)C(C)C. The molecular weight excluding hydrogens is 767 g/mol. The van der Waals surface area contributed by atoms with Gasteiger partial charge in [0, 0.05) is 36.3 Å². The molecule has 0 saturated carbocycles. The van der Waals surface area contributed by atoms with Gasteiger partial charge >= 0.3 is 6.09 Å². The summed E-state index contributed by atoms with van der Waals surface area (Å²) >= 11 is 1.61. The number of rotatable bonds is 12. The Labute approximate surface area is 349 Å². The summed E-state index contributed by atoms with van der Waals surface area (Å²) in [6.07, 6.45) is 3.58. The summed E-state index contributed by atoms with van der Waals surface area (Å²) in [7, 11) is 1.30. The van der Waals surface area contributed by atoms with Crippen molar-refractivity contribution < 1.29 is 29.0 Å². The van der Waals surface area contributed by atoms with Crippen molar-refractivity contribution in [2.45, 2.75) is 85.0 Å². The number of thiophene rings is 1. The van der Waals surface area contributed by atoms with Crippen LogP contribution in [0.3, 0.4) is 0 Å². The van der Waals surface area contributed by atoms with Gasteiger partial charge in [-0.25, -0.2) is 9.78 Å². The zero-order valence-electron chi connectivity index (χ0n) is 34.8. The quantitative estimate of drug-likeness (QED) is 0.122. The first-order chi connectivity index (χ1) is 28.2. The molecule has 0 unspecified atom stereocenters. The lowest BCUT2D eigenvalue weighted by atomic mass is 9.95. The molecule has 7 rings (SSSR count). The van der Waals surface area contributed by atoms with Crippen LogP contribution in [0.1, 0.15) is 78.2 Å². The average Bonchev–Trinajstić information content (AvgIpc) is 4.07. The van der Waals surface area contributed by atoms with E-state index in [0.29, 0.717) is 25.4 Å². The number of ether oxygens (including phenoxy) is 1. The van der Waals surface area contributed by atoms with Crippen molar-refractivity contribution in [2.75, 3.05) is 26.8 Å². The molecule has 2 aromatic carbocycles. The number of allylic oxidation sites excluding steroid dienone is 1. The maximum absolute atomic E-state index is 13.7. The maximum Gasteiger partial charge on any atom is 0.407 e. The predicted octanol–water partition coefficient (Wildman–Crippen LogP) is 6.80. The number of benzene rings is 2. The van der Waals surface area contributed by atoms with Gasteiger partial charge in [0.15, 0.2) is 0 Å². The number of aromatic amines is 1. The Balaban J connectivity index is 0.988. The van der Waals surface area contributed by atoms with E-state index in [1.807, 2.05) is 43.7 Å². The van der Waals surface area contributed by atoms with Crippen LogP contribution in [0, 0.1) is 23.7 Å². The molecule has 3 aliphatic rings. The molecule has 2 saturated heterocycles. The van der Waals surface area contributed by atoms with Crippen LogP contribution in [0.4, 0.5) is 4.79 Å². The van der Waals surface area contributed by atoms with Crippen LogP contribution < -0.4 is 10.6 Å². The molecule has 0 aliphatic carbocycles. The van der Waals surface area contributed by atoms with Gasteiger partial charge in [-0.1, -0.05) is 90.1 Å². The van der Waals surface area contributed by atoms with Crippen LogP contribution in [-0.2, 0) is 19.1 Å². The highest BCUT2D eigenvalue weighted by atomic mass is 32.1. The number of methoxy groups -OCH3 is 1. The minimum Gasteiger partial charge on any atom is -0.453 e. The molecule has 13 nitrogen and oxygen atoms in total. The van der Waals surface area contributed by atoms with Crippen molar-refractivity contribution in [3.63, 3.8) is 0 Å². The number of hydrogen-bond donors (Lipinski definition) is 4. The molecule has 14 heteroatoms. The van der Waals surface area contributed by atoms with E-state index >= 15 is 0 Å². The predicted molar refractivity (Wildman–Crippen MR) is 230 cm³/mol. The fourth-order valence-electron chi connectivity index (χ4n) is 8.60. The molecule has 2 aromatic heterocycles. The zero-order chi connectivity index (χ0) is 42.1. The molecule has 6 atom stereocenters. The van der Waals surface area contributed by atoms with Gasteiger partial charge in [-0.05, 0) is 70.4 Å². The van der Waals surface area contributed by atoms with Gasteiger partial charge in [-0.15, -0.1) is 11.3 Å². The molecule has 4 amide bonds. The molecule has 0 bridgehead atoms. The topological polar surface area (TPSA) is 169 Å². The lowest BCUT2D eigenvalue weighted by Gasteiger charge is -2.31. The zero-order valence-corrected chi connectivity index (χ0v) is 35.6. The number of aliphatic hydroxyl groups is 1. The Bertz CT molecular complexity index is 2230. The second-order valence-corrected chi connectivity index (χ2v) is 18.1. The molecule has 4 N–H and O–H groups in total. The lowest BCUT2D eigenvalue weighted by molar-refractivity contribution is -0.139. The lowest BCUT2D eigenvalue weighted by Crippen LogP contribution is -2.53. The highest BCUT2D eigenvalue weighted by Gasteiger charge is 2.42. The Morgan fingerprint density at radius 3 is 1.93 bits per heavy atom. The van der Waals surface area contributed by atoms with E-state index in [-0.39, 0.29) is 41.7 Å². The van der Waals surface area contributed by atoms with E-state index in [4.69, 9.17) is 14.7 Å². The summed E-state index contributed by atoms with van der Waals surface area (Å²) in [4.78, 5) is 70.4. The van der Waals surface area contributed by atoms with Crippen LogP contribution in [0.25, 0.3) is 37.5 Å². The molecule has 2 fully saturated rings. The van der Waals surface area contributed by atoms with E-state index in [1.165, 1.54) is 7.11 Å². The molecule has 5 heterocycles. The number of nitrogens with zero attached hydrogens (tertiary/aromatic N) is 4. The van der Waals surface area contributed by atoms with Crippen molar-refractivity contribution >= 4 is 56.8 Å². The molecule has 4 aromatic rings. The molecule has 0 radical (unpaired) electrons. The molecule has 3 aliphatic heterocycles. The highest BCUT2D eigenvalue weighted by molar-refractivity contribution is 7.21. The fraction of sp³-hybridized carbons (Fsp3) is 0.467. The number of H-pyrrole nitrogens is 1. The summed E-state index contributed by atoms with van der Waals surface area (Å²) in [6.45, 7) is 12.4. The smallest absolute Gasteiger partial charge is 0.407 e. The van der Waals surface area contributed by atoms with Gasteiger partial charge < -0.3 is 35.3 Å². The second kappa shape index (κ2) is 17.5. The third-order valence-electron chi connectivity index (χ3n) is 11.8. The third kappa shape index (κ3) is 8.84. The Morgan fingerprint density at radius 2 is 1.37 bits per heavy atom. The van der Waals surface area contributed by atoms with Gasteiger partial charge in [-0.2, -0.15) is 0 Å². The first-order valence-electron chi connectivity index (χ1n) is 20.6. The van der Waals surface area contributed by atoms with E-state index in [9.17, 15) is 24.3 Å². The summed E-state index contributed by atoms with van der Waals surface area (Å²) < 4.78 is 4.79. The monoisotopic (exact) mass is 821 g/mol. The number of hydrogen-bond acceptors (Lipinski definition) is 9. The minimum absolute atomic E-state index is 0.0932. The number of carbonyl (C=O) groups is 4. The highest BCUT2D eigenvalue weighted by Crippen LogP contribution is 2.39. The maximum atomic E-state index is 13.7. The van der Waals surface area contributed by atoms with Crippen molar-refractivity contribution in [1.29, 1.82) is 0 Å². The number of alkyl carbamates (subject to hydrolysis) is 1. The standard InChI is InChI=1S/C45H55N7O6S/c1-24(2)39(48-38(54)23-53)43(55)52-22-27(6)17-36(52)41-47-34-19-37(59-42(34)50-41)31-14-12-29(13-15-31)28-8-10-30(11-9-28)32-18-33(46-20-32)35-16-26(5)21-51(35)44(56)40(25(3)4)49-45(57)58-7/h8-15,19-20,24-27,35-36,39-40,53H,16-18,21-23H2,1-7H3,(H,47,50)(H,48,54)(H,49,57)/t26-,27-,35-,36-,39-,40-/m0/s1. The number of aliphatic hydroxyl groups excluding tert-OH is 1. The van der Waals surface area contributed by atoms with Gasteiger partial charge in [-0.3, -0.25) is 19.4 Å². The van der Waals surface area contributed by atoms with E-state index in [2.05, 4.69) is 84.1 Å². The third-order valence-corrected chi connectivity index (χ3v) is 12.9. The number of aromatic nitrogens is 2. The second-order valence-electron chi connectivity index (χ2n) is 17.1. The summed E-state index contributed by atoms with van der Waals surface area (Å²) in [5, 5.41) is 14.7. The van der Waals surface area contributed by atoms with Crippen LogP contribution in [0.15, 0.2) is 65.8 Å².